The van der Waals surface area contributed by atoms with Gasteiger partial charge in [-0.2, -0.15) is 0 Å². The predicted octanol–water partition coefficient (Wildman–Crippen LogP) is 3.24. The Morgan fingerprint density at radius 3 is 2.09 bits per heavy atom. The van der Waals surface area contributed by atoms with Gasteiger partial charge in [-0.15, -0.1) is 0 Å². The number of aliphatic hydroxyl groups excluding tert-OH is 1. The zero-order chi connectivity index (χ0) is 24.5. The van der Waals surface area contributed by atoms with Crippen LogP contribution in [0.2, 0.25) is 0 Å². The molecule has 176 valence electrons. The number of carboxylic acids is 1. The number of carboxylic acid groups (broad SMARTS) is 1. The Bertz CT molecular complexity index is 1280. The van der Waals surface area contributed by atoms with E-state index in [4.69, 9.17) is 5.11 Å². The van der Waals surface area contributed by atoms with Gasteiger partial charge in [0.25, 0.3) is 5.91 Å². The van der Waals surface area contributed by atoms with Gasteiger partial charge in [0, 0.05) is 5.69 Å². The summed E-state index contributed by atoms with van der Waals surface area (Å²) in [4.78, 5) is 39.3. The molecule has 3 aromatic carbocycles. The van der Waals surface area contributed by atoms with Gasteiger partial charge in [-0.25, -0.2) is 14.7 Å². The summed E-state index contributed by atoms with van der Waals surface area (Å²) in [6.07, 6.45) is 2.46. The van der Waals surface area contributed by atoms with Crippen molar-refractivity contribution in [2.75, 3.05) is 10.3 Å². The normalized spacial score (nSPS) is 22.7. The zero-order valence-electron chi connectivity index (χ0n) is 18.6. The van der Waals surface area contributed by atoms with Crippen molar-refractivity contribution >= 4 is 29.2 Å². The van der Waals surface area contributed by atoms with E-state index in [-0.39, 0.29) is 5.56 Å². The van der Waals surface area contributed by atoms with E-state index in [2.05, 4.69) is 5.43 Å². The molecular formula is C27H23N3O5. The van der Waals surface area contributed by atoms with E-state index in [9.17, 15) is 19.5 Å². The maximum absolute atomic E-state index is 13.7. The first kappa shape index (κ1) is 22.5. The van der Waals surface area contributed by atoms with Gasteiger partial charge in [0.2, 0.25) is 5.91 Å². The number of aromatic carboxylic acids is 1. The zero-order valence-corrected chi connectivity index (χ0v) is 18.6. The van der Waals surface area contributed by atoms with E-state index in [0.717, 1.165) is 4.90 Å². The minimum atomic E-state index is -1.09. The molecule has 2 aliphatic heterocycles. The third-order valence-electron chi connectivity index (χ3n) is 6.32. The van der Waals surface area contributed by atoms with Crippen LogP contribution < -0.4 is 10.3 Å². The SMILES string of the molecule is O=C(O)c1ccc(N2C(=O)[C@H]3C=CC([C@@H](O)c4ccccc4)N(Nc4ccccc4)[C@H]3C2=O)cc1. The van der Waals surface area contributed by atoms with Crippen LogP contribution in [0.1, 0.15) is 22.0 Å². The Balaban J connectivity index is 1.52. The molecule has 2 aliphatic rings. The van der Waals surface area contributed by atoms with Crippen LogP contribution in [0.3, 0.4) is 0 Å². The van der Waals surface area contributed by atoms with E-state index >= 15 is 0 Å². The maximum atomic E-state index is 13.7. The van der Waals surface area contributed by atoms with Crippen LogP contribution in [0.4, 0.5) is 11.4 Å². The summed E-state index contributed by atoms with van der Waals surface area (Å²) in [7, 11) is 0. The van der Waals surface area contributed by atoms with Crippen molar-refractivity contribution in [2.45, 2.75) is 18.2 Å². The second kappa shape index (κ2) is 9.17. The summed E-state index contributed by atoms with van der Waals surface area (Å²) in [6, 6.07) is 22.4. The first-order valence-corrected chi connectivity index (χ1v) is 11.2. The highest BCUT2D eigenvalue weighted by Crippen LogP contribution is 2.38. The number of nitrogens with one attached hydrogen (secondary N) is 1. The minimum Gasteiger partial charge on any atom is -0.478 e. The van der Waals surface area contributed by atoms with Gasteiger partial charge < -0.3 is 15.6 Å². The Morgan fingerprint density at radius 2 is 1.46 bits per heavy atom. The fraction of sp³-hybridized carbons (Fsp3) is 0.148. The second-order valence-electron chi connectivity index (χ2n) is 8.45. The number of rotatable bonds is 6. The van der Waals surface area contributed by atoms with Crippen LogP contribution in [0, 0.1) is 5.92 Å². The predicted molar refractivity (Wildman–Crippen MR) is 129 cm³/mol. The van der Waals surface area contributed by atoms with Crippen LogP contribution in [0.15, 0.2) is 97.1 Å². The summed E-state index contributed by atoms with van der Waals surface area (Å²) in [6.45, 7) is 0. The molecule has 1 fully saturated rings. The van der Waals surface area contributed by atoms with Crippen molar-refractivity contribution < 1.29 is 24.6 Å². The van der Waals surface area contributed by atoms with Gasteiger partial charge in [0.05, 0.1) is 29.3 Å². The highest BCUT2D eigenvalue weighted by Gasteiger charge is 2.54. The largest absolute Gasteiger partial charge is 0.478 e. The number of amides is 2. The van der Waals surface area contributed by atoms with Crippen molar-refractivity contribution in [3.8, 4) is 0 Å². The van der Waals surface area contributed by atoms with E-state index in [0.29, 0.717) is 16.9 Å². The molecule has 0 aromatic heterocycles. The number of carbonyl (C=O) groups is 3. The summed E-state index contributed by atoms with van der Waals surface area (Å²) < 4.78 is 0. The number of nitrogens with zero attached hydrogens (tertiary/aromatic N) is 2. The van der Waals surface area contributed by atoms with Crippen LogP contribution in [-0.2, 0) is 9.59 Å². The summed E-state index contributed by atoms with van der Waals surface area (Å²) in [5.41, 5.74) is 4.99. The number of hydrogen-bond donors (Lipinski definition) is 3. The van der Waals surface area contributed by atoms with Crippen molar-refractivity contribution in [2.24, 2.45) is 5.92 Å². The molecule has 0 bridgehead atoms. The quantitative estimate of drug-likeness (QED) is 0.376. The lowest BCUT2D eigenvalue weighted by Crippen LogP contribution is -2.55. The highest BCUT2D eigenvalue weighted by atomic mass is 16.4. The smallest absolute Gasteiger partial charge is 0.335 e. The van der Waals surface area contributed by atoms with Gasteiger partial charge in [0.1, 0.15) is 6.04 Å². The lowest BCUT2D eigenvalue weighted by Gasteiger charge is -2.40. The number of hydrogen-bond acceptors (Lipinski definition) is 6. The third kappa shape index (κ3) is 4.09. The number of fused-ring (bicyclic) bond motifs is 1. The average molecular weight is 469 g/mol. The van der Waals surface area contributed by atoms with E-state index < -0.39 is 41.9 Å². The molecule has 8 nitrogen and oxygen atoms in total. The lowest BCUT2D eigenvalue weighted by molar-refractivity contribution is -0.123. The molecule has 1 unspecified atom stereocenters. The molecule has 3 N–H and O–H groups in total. The monoisotopic (exact) mass is 469 g/mol. The second-order valence-corrected chi connectivity index (χ2v) is 8.45. The first-order valence-electron chi connectivity index (χ1n) is 11.2. The number of aliphatic hydroxyl groups is 1. The summed E-state index contributed by atoms with van der Waals surface area (Å²) in [5.74, 6) is -2.73. The Kier molecular flexibility index (Phi) is 5.90. The molecule has 4 atom stereocenters. The molecule has 3 aromatic rings. The fourth-order valence-corrected chi connectivity index (χ4v) is 4.59. The molecule has 1 saturated heterocycles. The third-order valence-corrected chi connectivity index (χ3v) is 6.32. The van der Waals surface area contributed by atoms with Crippen LogP contribution in [0.5, 0.6) is 0 Å². The summed E-state index contributed by atoms with van der Waals surface area (Å²) >= 11 is 0. The first-order chi connectivity index (χ1) is 17.0. The molecule has 0 spiro atoms. The van der Waals surface area contributed by atoms with Crippen molar-refractivity contribution in [1.82, 2.24) is 5.01 Å². The standard InChI is InChI=1S/C27H23N3O5/c31-24(17-7-3-1-4-8-17)22-16-15-21-23(30(22)28-19-9-5-2-6-10-19)26(33)29(25(21)32)20-13-11-18(12-14-20)27(34)35/h1-16,21-24,28,31H,(H,34,35)/t21-,22?,23+,24-/m0/s1. The molecule has 8 heteroatoms. The number of anilines is 2. The molecule has 0 radical (unpaired) electrons. The molecule has 0 saturated carbocycles. The van der Waals surface area contributed by atoms with E-state index in [1.807, 2.05) is 60.7 Å². The Labute approximate surface area is 201 Å². The van der Waals surface area contributed by atoms with Crippen molar-refractivity contribution in [1.29, 1.82) is 0 Å². The van der Waals surface area contributed by atoms with Gasteiger partial charge in [0.15, 0.2) is 0 Å². The van der Waals surface area contributed by atoms with Crippen molar-refractivity contribution in [3.63, 3.8) is 0 Å². The lowest BCUT2D eigenvalue weighted by atomic mass is 9.90. The number of imide groups is 1. The fourth-order valence-electron chi connectivity index (χ4n) is 4.59. The van der Waals surface area contributed by atoms with Gasteiger partial charge in [-0.1, -0.05) is 60.7 Å². The Morgan fingerprint density at radius 1 is 0.829 bits per heavy atom. The van der Waals surface area contributed by atoms with Crippen LogP contribution in [-0.4, -0.2) is 45.1 Å². The van der Waals surface area contributed by atoms with Crippen LogP contribution >= 0.6 is 0 Å². The number of benzene rings is 3. The van der Waals surface area contributed by atoms with Gasteiger partial charge >= 0.3 is 5.97 Å². The minimum absolute atomic E-state index is 0.0589. The van der Waals surface area contributed by atoms with Crippen molar-refractivity contribution in [3.05, 3.63) is 108 Å². The van der Waals surface area contributed by atoms with E-state index in [1.165, 1.54) is 24.3 Å². The van der Waals surface area contributed by atoms with E-state index in [1.54, 1.807) is 17.2 Å². The molecule has 2 amide bonds. The topological polar surface area (TPSA) is 110 Å². The molecule has 2 heterocycles. The summed E-state index contributed by atoms with van der Waals surface area (Å²) in [5, 5.41) is 22.0. The molecule has 5 rings (SSSR count). The van der Waals surface area contributed by atoms with Gasteiger partial charge in [-0.3, -0.25) is 9.59 Å². The number of hydrazine groups is 1. The molecular weight excluding hydrogens is 446 g/mol. The number of carbonyl (C=O) groups excluding carboxylic acids is 2. The highest BCUT2D eigenvalue weighted by molar-refractivity contribution is 6.24. The number of para-hydroxylation sites is 1. The molecule has 35 heavy (non-hydrogen) atoms. The van der Waals surface area contributed by atoms with Crippen LogP contribution in [0.25, 0.3) is 0 Å². The maximum Gasteiger partial charge on any atom is 0.335 e. The average Bonchev–Trinajstić information content (AvgIpc) is 3.15. The molecule has 0 aliphatic carbocycles. The Hall–Kier alpha value is -4.27. The van der Waals surface area contributed by atoms with Gasteiger partial charge in [-0.05, 0) is 42.0 Å².